The zero-order chi connectivity index (χ0) is 15.0. The fourth-order valence-corrected chi connectivity index (χ4v) is 4.61. The van der Waals surface area contributed by atoms with Crippen LogP contribution in [0.5, 0.6) is 5.75 Å². The van der Waals surface area contributed by atoms with Gasteiger partial charge < -0.3 is 18.9 Å². The molecule has 22 heavy (non-hydrogen) atoms. The highest BCUT2D eigenvalue weighted by Gasteiger charge is 2.52. The fourth-order valence-electron chi connectivity index (χ4n) is 4.61. The Morgan fingerprint density at radius 3 is 2.91 bits per heavy atom. The second-order valence-electron chi connectivity index (χ2n) is 6.79. The van der Waals surface area contributed by atoms with Crippen molar-refractivity contribution in [2.75, 3.05) is 13.7 Å². The maximum absolute atomic E-state index is 13.1. The van der Waals surface area contributed by atoms with Gasteiger partial charge in [0.2, 0.25) is 5.43 Å². The molecule has 2 bridgehead atoms. The lowest BCUT2D eigenvalue weighted by Crippen LogP contribution is -2.56. The number of hydrogen-bond donors (Lipinski definition) is 0. The molecular formula is C16H18N2O4. The normalized spacial score (nSPS) is 34.6. The van der Waals surface area contributed by atoms with E-state index in [9.17, 15) is 9.59 Å². The molecule has 6 rings (SSSR count). The topological polar surface area (TPSA) is 60.8 Å². The molecule has 2 atom stereocenters. The minimum absolute atomic E-state index is 0.107. The van der Waals surface area contributed by atoms with Crippen LogP contribution < -0.4 is 10.2 Å². The molecule has 116 valence electrons. The van der Waals surface area contributed by atoms with Gasteiger partial charge in [0.25, 0.3) is 5.91 Å². The molecule has 0 spiro atoms. The highest BCUT2D eigenvalue weighted by Crippen LogP contribution is 2.46. The number of nitrogens with zero attached hydrogens (tertiary/aromatic N) is 2. The van der Waals surface area contributed by atoms with Gasteiger partial charge in [-0.1, -0.05) is 0 Å². The van der Waals surface area contributed by atoms with Crippen molar-refractivity contribution in [3.63, 3.8) is 0 Å². The summed E-state index contributed by atoms with van der Waals surface area (Å²) in [5.74, 6) is 0.651. The van der Waals surface area contributed by atoms with Crippen LogP contribution in [0.3, 0.4) is 0 Å². The molecule has 5 heterocycles. The maximum Gasteiger partial charge on any atom is 0.276 e. The number of amides is 1. The van der Waals surface area contributed by atoms with Crippen molar-refractivity contribution in [1.29, 1.82) is 0 Å². The number of carbonyl (C=O) groups excluding carboxylic acids is 1. The third-order valence-electron chi connectivity index (χ3n) is 5.67. The minimum atomic E-state index is -0.196. The van der Waals surface area contributed by atoms with Crippen LogP contribution in [0.4, 0.5) is 0 Å². The number of rotatable bonds is 1. The Hall–Kier alpha value is -1.82. The Bertz CT molecular complexity index is 734. The smallest absolute Gasteiger partial charge is 0.276 e. The average Bonchev–Trinajstić information content (AvgIpc) is 2.68. The SMILES string of the molecule is COc1c2n3c(cc1=O)CCC3C1OCC3CC(C3)N1C2=O. The highest BCUT2D eigenvalue weighted by atomic mass is 16.5. The predicted molar refractivity (Wildman–Crippen MR) is 77.0 cm³/mol. The van der Waals surface area contributed by atoms with E-state index in [0.29, 0.717) is 11.6 Å². The molecule has 4 aliphatic heterocycles. The van der Waals surface area contributed by atoms with Crippen LogP contribution >= 0.6 is 0 Å². The molecule has 2 unspecified atom stereocenters. The van der Waals surface area contributed by atoms with E-state index in [4.69, 9.17) is 9.47 Å². The number of carbonyl (C=O) groups is 1. The first-order valence-corrected chi connectivity index (χ1v) is 7.95. The van der Waals surface area contributed by atoms with Gasteiger partial charge in [-0.05, 0) is 31.6 Å². The van der Waals surface area contributed by atoms with Crippen LogP contribution in [0.25, 0.3) is 0 Å². The summed E-state index contributed by atoms with van der Waals surface area (Å²) in [7, 11) is 1.46. The minimum Gasteiger partial charge on any atom is -0.491 e. The molecule has 0 radical (unpaired) electrons. The zero-order valence-corrected chi connectivity index (χ0v) is 12.4. The number of ether oxygens (including phenoxy) is 2. The lowest BCUT2D eigenvalue weighted by atomic mass is 9.80. The van der Waals surface area contributed by atoms with E-state index in [-0.39, 0.29) is 35.4 Å². The first-order valence-electron chi connectivity index (χ1n) is 7.95. The first-order chi connectivity index (χ1) is 10.7. The van der Waals surface area contributed by atoms with Gasteiger partial charge >= 0.3 is 0 Å². The van der Waals surface area contributed by atoms with Gasteiger partial charge in [0.05, 0.1) is 19.8 Å². The Morgan fingerprint density at radius 2 is 2.14 bits per heavy atom. The summed E-state index contributed by atoms with van der Waals surface area (Å²) in [6, 6.07) is 1.97. The third-order valence-corrected chi connectivity index (χ3v) is 5.67. The third kappa shape index (κ3) is 1.39. The van der Waals surface area contributed by atoms with Crippen LogP contribution in [0.15, 0.2) is 10.9 Å². The van der Waals surface area contributed by atoms with E-state index < -0.39 is 0 Å². The molecule has 0 N–H and O–H groups in total. The second-order valence-corrected chi connectivity index (χ2v) is 6.79. The van der Waals surface area contributed by atoms with Gasteiger partial charge in [0.15, 0.2) is 17.7 Å². The van der Waals surface area contributed by atoms with Gasteiger partial charge in [-0.15, -0.1) is 0 Å². The van der Waals surface area contributed by atoms with Crippen molar-refractivity contribution in [3.8, 4) is 5.75 Å². The molecule has 3 fully saturated rings. The molecule has 5 aliphatic rings. The predicted octanol–water partition coefficient (Wildman–Crippen LogP) is 0.935. The van der Waals surface area contributed by atoms with Gasteiger partial charge in [-0.2, -0.15) is 0 Å². The monoisotopic (exact) mass is 302 g/mol. The number of pyridine rings is 1. The molecule has 1 aromatic rings. The number of hydrogen-bond acceptors (Lipinski definition) is 4. The average molecular weight is 302 g/mol. The highest BCUT2D eigenvalue weighted by molar-refractivity contribution is 5.97. The summed E-state index contributed by atoms with van der Waals surface area (Å²) in [5, 5.41) is 0. The standard InChI is InChI=1S/C16H18N2O4/c1-21-14-12(19)6-9-2-3-11-16-18(15(20)13(14)17(9)11)10-4-8(5-10)7-22-16/h6,8,10-11,16H,2-5,7H2,1H3. The summed E-state index contributed by atoms with van der Waals surface area (Å²) in [5.41, 5.74) is 1.16. The Balaban J connectivity index is 1.75. The molecule has 1 aliphatic carbocycles. The lowest BCUT2D eigenvalue weighted by Gasteiger charge is -2.46. The Morgan fingerprint density at radius 1 is 1.32 bits per heavy atom. The van der Waals surface area contributed by atoms with Crippen LogP contribution in [-0.2, 0) is 11.2 Å². The van der Waals surface area contributed by atoms with Crippen molar-refractivity contribution >= 4 is 5.91 Å². The number of methoxy groups -OCH3 is 1. The lowest BCUT2D eigenvalue weighted by molar-refractivity contribution is -0.0721. The molecule has 6 nitrogen and oxygen atoms in total. The summed E-state index contributed by atoms with van der Waals surface area (Å²) in [4.78, 5) is 27.2. The van der Waals surface area contributed by atoms with Gasteiger partial charge in [-0.25, -0.2) is 0 Å². The van der Waals surface area contributed by atoms with E-state index in [0.717, 1.165) is 38.0 Å². The zero-order valence-electron chi connectivity index (χ0n) is 12.4. The second kappa shape index (κ2) is 4.13. The molecule has 0 aromatic carbocycles. The molecule has 1 aromatic heterocycles. The summed E-state index contributed by atoms with van der Waals surface area (Å²) >= 11 is 0. The molecular weight excluding hydrogens is 284 g/mol. The molecule has 6 heteroatoms. The number of aryl methyl sites for hydroxylation is 1. The van der Waals surface area contributed by atoms with Crippen LogP contribution in [0, 0.1) is 5.92 Å². The van der Waals surface area contributed by atoms with Gasteiger partial charge in [-0.3, -0.25) is 9.59 Å². The maximum atomic E-state index is 13.1. The van der Waals surface area contributed by atoms with Crippen LogP contribution in [0.1, 0.15) is 41.5 Å². The number of fused-ring (bicyclic) bond motifs is 1. The largest absolute Gasteiger partial charge is 0.491 e. The summed E-state index contributed by atoms with van der Waals surface area (Å²) in [6.07, 6.45) is 3.56. The molecule has 1 amide bonds. The summed E-state index contributed by atoms with van der Waals surface area (Å²) < 4.78 is 13.4. The van der Waals surface area contributed by atoms with Crippen molar-refractivity contribution in [3.05, 3.63) is 27.7 Å². The van der Waals surface area contributed by atoms with Crippen molar-refractivity contribution in [2.45, 2.75) is 44.0 Å². The van der Waals surface area contributed by atoms with Crippen molar-refractivity contribution in [1.82, 2.24) is 9.47 Å². The van der Waals surface area contributed by atoms with E-state index in [1.54, 1.807) is 6.07 Å². The van der Waals surface area contributed by atoms with Crippen molar-refractivity contribution < 1.29 is 14.3 Å². The fraction of sp³-hybridized carbons (Fsp3) is 0.625. The Kier molecular flexibility index (Phi) is 2.38. The van der Waals surface area contributed by atoms with E-state index >= 15 is 0 Å². The molecule has 1 saturated carbocycles. The van der Waals surface area contributed by atoms with E-state index in [1.807, 2.05) is 9.47 Å². The van der Waals surface area contributed by atoms with E-state index in [1.165, 1.54) is 7.11 Å². The van der Waals surface area contributed by atoms with Gasteiger partial charge in [0, 0.05) is 17.8 Å². The number of aromatic nitrogens is 1. The summed E-state index contributed by atoms with van der Waals surface area (Å²) in [6.45, 7) is 0.740. The van der Waals surface area contributed by atoms with Crippen molar-refractivity contribution in [2.24, 2.45) is 5.92 Å². The molecule has 2 saturated heterocycles. The Labute approximate surface area is 127 Å². The van der Waals surface area contributed by atoms with E-state index in [2.05, 4.69) is 0 Å². The first kappa shape index (κ1) is 12.7. The quantitative estimate of drug-likeness (QED) is 0.774. The van der Waals surface area contributed by atoms with Crippen LogP contribution in [0.2, 0.25) is 0 Å². The van der Waals surface area contributed by atoms with Gasteiger partial charge in [0.1, 0.15) is 0 Å². The van der Waals surface area contributed by atoms with Crippen LogP contribution in [-0.4, -0.2) is 41.4 Å².